The lowest BCUT2D eigenvalue weighted by atomic mass is 10.1. The highest BCUT2D eigenvalue weighted by atomic mass is 35.5. The van der Waals surface area contributed by atoms with Gasteiger partial charge in [0.05, 0.1) is 30.8 Å². The maximum absolute atomic E-state index is 12.5. The van der Waals surface area contributed by atoms with Crippen LogP contribution in [0.25, 0.3) is 5.69 Å². The maximum Gasteiger partial charge on any atom is 0.224 e. The number of nitrogens with one attached hydrogen (secondary N) is 1. The number of ether oxygens (including phenoxy) is 1. The first-order valence-electron chi connectivity index (χ1n) is 10.5. The maximum atomic E-state index is 12.5. The minimum absolute atomic E-state index is 0.103. The number of methoxy groups -OCH3 is 1. The van der Waals surface area contributed by atoms with E-state index in [2.05, 4.69) is 15.5 Å². The highest BCUT2D eigenvalue weighted by Gasteiger charge is 2.18. The molecule has 4 aromatic rings. The Bertz CT molecular complexity index is 1280. The molecule has 0 aliphatic heterocycles. The van der Waals surface area contributed by atoms with E-state index in [1.165, 1.54) is 11.8 Å². The Morgan fingerprint density at radius 1 is 1.00 bits per heavy atom. The molecule has 0 aliphatic rings. The molecule has 0 spiro atoms. The summed E-state index contributed by atoms with van der Waals surface area (Å²) in [7, 11) is 1.64. The molecular weight excluding hydrogens is 491 g/mol. The molecule has 1 N–H and O–H groups in total. The number of benzene rings is 3. The van der Waals surface area contributed by atoms with Crippen molar-refractivity contribution in [3.63, 3.8) is 0 Å². The van der Waals surface area contributed by atoms with E-state index in [1.807, 2.05) is 65.2 Å². The molecule has 6 nitrogen and oxygen atoms in total. The van der Waals surface area contributed by atoms with Crippen molar-refractivity contribution >= 4 is 40.9 Å². The number of carbonyl (C=O) groups is 1. The molecule has 1 aromatic heterocycles. The van der Waals surface area contributed by atoms with Crippen LogP contribution in [0.2, 0.25) is 10.0 Å². The van der Waals surface area contributed by atoms with Crippen molar-refractivity contribution in [1.82, 2.24) is 20.1 Å². The van der Waals surface area contributed by atoms with Crippen molar-refractivity contribution in [2.24, 2.45) is 0 Å². The van der Waals surface area contributed by atoms with Crippen molar-refractivity contribution in [2.45, 2.75) is 23.9 Å². The van der Waals surface area contributed by atoms with Crippen LogP contribution in [0.4, 0.5) is 0 Å². The van der Waals surface area contributed by atoms with E-state index >= 15 is 0 Å². The van der Waals surface area contributed by atoms with Gasteiger partial charge in [0.2, 0.25) is 5.91 Å². The van der Waals surface area contributed by atoms with Gasteiger partial charge < -0.3 is 10.1 Å². The molecular formula is C25H22Cl2N4O2S. The number of amides is 1. The Balaban J connectivity index is 1.56. The predicted octanol–water partition coefficient (Wildman–Crippen LogP) is 5.73. The molecule has 0 atom stereocenters. The average Bonchev–Trinajstić information content (AvgIpc) is 3.24. The lowest BCUT2D eigenvalue weighted by Gasteiger charge is -2.13. The molecule has 174 valence electrons. The summed E-state index contributed by atoms with van der Waals surface area (Å²) in [4.78, 5) is 12.5. The molecule has 1 amide bonds. The van der Waals surface area contributed by atoms with Crippen molar-refractivity contribution in [2.75, 3.05) is 7.11 Å². The second-order valence-corrected chi connectivity index (χ2v) is 9.20. The monoisotopic (exact) mass is 512 g/mol. The van der Waals surface area contributed by atoms with E-state index in [0.29, 0.717) is 32.5 Å². The zero-order valence-electron chi connectivity index (χ0n) is 18.4. The fourth-order valence-electron chi connectivity index (χ4n) is 3.34. The third kappa shape index (κ3) is 6.11. The van der Waals surface area contributed by atoms with E-state index < -0.39 is 0 Å². The summed E-state index contributed by atoms with van der Waals surface area (Å²) in [5.41, 5.74) is 2.71. The van der Waals surface area contributed by atoms with Crippen molar-refractivity contribution in [3.05, 3.63) is 99.8 Å². The van der Waals surface area contributed by atoms with Gasteiger partial charge in [-0.25, -0.2) is 0 Å². The fraction of sp³-hybridized carbons (Fsp3) is 0.160. The SMILES string of the molecule is COc1cccc(CSc2nnc(CNC(=O)Cc3ccccc3)n2-c2ccc(Cl)cc2Cl)c1. The molecule has 0 saturated heterocycles. The molecule has 0 aliphatic carbocycles. The number of aromatic nitrogens is 3. The summed E-state index contributed by atoms with van der Waals surface area (Å²) in [6, 6.07) is 22.7. The van der Waals surface area contributed by atoms with Crippen LogP contribution in [0.1, 0.15) is 17.0 Å². The summed E-state index contributed by atoms with van der Waals surface area (Å²) >= 11 is 14.1. The smallest absolute Gasteiger partial charge is 0.224 e. The Hall–Kier alpha value is -3.00. The summed E-state index contributed by atoms with van der Waals surface area (Å²) < 4.78 is 7.17. The van der Waals surface area contributed by atoms with Gasteiger partial charge in [0.25, 0.3) is 0 Å². The van der Waals surface area contributed by atoms with Gasteiger partial charge in [0.1, 0.15) is 5.75 Å². The van der Waals surface area contributed by atoms with E-state index in [9.17, 15) is 4.79 Å². The van der Waals surface area contributed by atoms with Gasteiger partial charge in [-0.15, -0.1) is 10.2 Å². The first kappa shape index (κ1) is 24.1. The van der Waals surface area contributed by atoms with E-state index in [4.69, 9.17) is 27.9 Å². The highest BCUT2D eigenvalue weighted by Crippen LogP contribution is 2.31. The largest absolute Gasteiger partial charge is 0.497 e. The molecule has 9 heteroatoms. The van der Waals surface area contributed by atoms with Crippen LogP contribution in [0.3, 0.4) is 0 Å². The first-order chi connectivity index (χ1) is 16.5. The van der Waals surface area contributed by atoms with Crippen molar-refractivity contribution in [3.8, 4) is 11.4 Å². The zero-order chi connectivity index (χ0) is 23.9. The Labute approximate surface area is 212 Å². The van der Waals surface area contributed by atoms with Crippen LogP contribution in [0.15, 0.2) is 78.0 Å². The molecule has 0 radical (unpaired) electrons. The summed E-state index contributed by atoms with van der Waals surface area (Å²) in [6.45, 7) is 0.206. The summed E-state index contributed by atoms with van der Waals surface area (Å²) in [5.74, 6) is 1.91. The second-order valence-electron chi connectivity index (χ2n) is 7.41. The van der Waals surface area contributed by atoms with Crippen molar-refractivity contribution in [1.29, 1.82) is 0 Å². The van der Waals surface area contributed by atoms with E-state index in [0.717, 1.165) is 16.9 Å². The number of carbonyl (C=O) groups excluding carboxylic acids is 1. The van der Waals surface area contributed by atoms with Crippen LogP contribution in [-0.2, 0) is 23.5 Å². The van der Waals surface area contributed by atoms with Crippen LogP contribution < -0.4 is 10.1 Å². The van der Waals surface area contributed by atoms with Crippen LogP contribution >= 0.6 is 35.0 Å². The molecule has 34 heavy (non-hydrogen) atoms. The van der Waals surface area contributed by atoms with Crippen LogP contribution in [0.5, 0.6) is 5.75 Å². The minimum Gasteiger partial charge on any atom is -0.497 e. The molecule has 0 unspecified atom stereocenters. The number of hydrogen-bond acceptors (Lipinski definition) is 5. The van der Waals surface area contributed by atoms with Gasteiger partial charge in [-0.3, -0.25) is 9.36 Å². The Morgan fingerprint density at radius 2 is 1.79 bits per heavy atom. The van der Waals surface area contributed by atoms with Crippen LogP contribution in [0, 0.1) is 0 Å². The molecule has 0 bridgehead atoms. The van der Waals surface area contributed by atoms with Gasteiger partial charge in [0, 0.05) is 10.8 Å². The highest BCUT2D eigenvalue weighted by molar-refractivity contribution is 7.98. The third-order valence-corrected chi connectivity index (χ3v) is 6.54. The molecule has 1 heterocycles. The number of halogens is 2. The lowest BCUT2D eigenvalue weighted by molar-refractivity contribution is -0.120. The summed E-state index contributed by atoms with van der Waals surface area (Å²) in [6.07, 6.45) is 0.286. The average molecular weight is 513 g/mol. The van der Waals surface area contributed by atoms with Gasteiger partial charge in [-0.1, -0.05) is 77.4 Å². The zero-order valence-corrected chi connectivity index (χ0v) is 20.7. The quantitative estimate of drug-likeness (QED) is 0.290. The van der Waals surface area contributed by atoms with Gasteiger partial charge in [0.15, 0.2) is 11.0 Å². The first-order valence-corrected chi connectivity index (χ1v) is 12.2. The molecule has 4 rings (SSSR count). The van der Waals surface area contributed by atoms with Gasteiger partial charge in [-0.05, 0) is 41.5 Å². The predicted molar refractivity (Wildman–Crippen MR) is 136 cm³/mol. The number of nitrogens with zero attached hydrogens (tertiary/aromatic N) is 3. The fourth-order valence-corrected chi connectivity index (χ4v) is 4.74. The van der Waals surface area contributed by atoms with Crippen LogP contribution in [-0.4, -0.2) is 27.8 Å². The number of rotatable bonds is 9. The van der Waals surface area contributed by atoms with Gasteiger partial charge >= 0.3 is 0 Å². The van der Waals surface area contributed by atoms with Crippen molar-refractivity contribution < 1.29 is 9.53 Å². The number of hydrogen-bond donors (Lipinski definition) is 1. The third-order valence-electron chi connectivity index (χ3n) is 5.00. The van der Waals surface area contributed by atoms with Gasteiger partial charge in [-0.2, -0.15) is 0 Å². The Morgan fingerprint density at radius 3 is 2.56 bits per heavy atom. The molecule has 0 saturated carbocycles. The standard InChI is InChI=1S/C25H22Cl2N4O2S/c1-33-20-9-5-8-18(12-20)16-34-25-30-29-23(31(25)22-11-10-19(26)14-21(22)27)15-28-24(32)13-17-6-3-2-4-7-17/h2-12,14H,13,15-16H2,1H3,(H,28,32). The van der Waals surface area contributed by atoms with E-state index in [1.54, 1.807) is 19.2 Å². The Kier molecular flexibility index (Phi) is 8.11. The minimum atomic E-state index is -0.103. The van der Waals surface area contributed by atoms with E-state index in [-0.39, 0.29) is 18.9 Å². The normalized spacial score (nSPS) is 10.8. The summed E-state index contributed by atoms with van der Waals surface area (Å²) in [5, 5.41) is 13.3. The number of thioether (sulfide) groups is 1. The molecule has 3 aromatic carbocycles. The topological polar surface area (TPSA) is 69.0 Å². The molecule has 0 fully saturated rings. The second kappa shape index (κ2) is 11.4. The lowest BCUT2D eigenvalue weighted by Crippen LogP contribution is -2.26.